The molecule has 0 amide bonds. The van der Waals surface area contributed by atoms with Crippen LogP contribution in [-0.2, 0) is 9.09 Å². The molecule has 0 spiro atoms. The summed E-state index contributed by atoms with van der Waals surface area (Å²) in [6, 6.07) is 16.4. The molecule has 2 aromatic rings. The first kappa shape index (κ1) is 19.7. The molecule has 0 fully saturated rings. The van der Waals surface area contributed by atoms with Crippen LogP contribution in [0.25, 0.3) is 0 Å². The van der Waals surface area contributed by atoms with Crippen LogP contribution in [0.3, 0.4) is 0 Å². The summed E-state index contributed by atoms with van der Waals surface area (Å²) >= 11 is 0. The molecule has 136 valence electrons. The van der Waals surface area contributed by atoms with Crippen molar-refractivity contribution >= 4 is 18.4 Å². The first-order chi connectivity index (χ1) is 11.8. The summed E-state index contributed by atoms with van der Waals surface area (Å²) in [7, 11) is 0.448. The second-order valence-corrected chi connectivity index (χ2v) is 9.27. The van der Waals surface area contributed by atoms with Crippen molar-refractivity contribution in [2.45, 2.75) is 26.1 Å². The highest BCUT2D eigenvalue weighted by Crippen LogP contribution is 2.57. The Kier molecular flexibility index (Phi) is 6.83. The summed E-state index contributed by atoms with van der Waals surface area (Å²) < 4.78 is 19.5. The minimum atomic E-state index is -3.45. The van der Waals surface area contributed by atoms with Crippen LogP contribution < -0.4 is 10.2 Å². The molecule has 0 saturated heterocycles. The van der Waals surface area contributed by atoms with E-state index in [1.807, 2.05) is 49.3 Å². The molecule has 5 heteroatoms. The van der Waals surface area contributed by atoms with Crippen molar-refractivity contribution in [1.29, 1.82) is 0 Å². The van der Waals surface area contributed by atoms with Crippen molar-refractivity contribution in [3.05, 3.63) is 60.2 Å². The van der Waals surface area contributed by atoms with Crippen molar-refractivity contribution in [3.8, 4) is 0 Å². The van der Waals surface area contributed by atoms with Crippen molar-refractivity contribution < 1.29 is 14.2 Å². The normalized spacial score (nSPS) is 15.0. The van der Waals surface area contributed by atoms with Gasteiger partial charge in [-0.25, -0.2) is 0 Å². The van der Waals surface area contributed by atoms with Crippen molar-refractivity contribution in [2.75, 3.05) is 25.6 Å². The van der Waals surface area contributed by atoms with Gasteiger partial charge < -0.3 is 14.5 Å². The fourth-order valence-corrected chi connectivity index (χ4v) is 4.57. The zero-order valence-corrected chi connectivity index (χ0v) is 16.3. The van der Waals surface area contributed by atoms with E-state index in [1.54, 1.807) is 24.3 Å². The summed E-state index contributed by atoms with van der Waals surface area (Å²) in [5.74, 6) is -0.732. The average molecular weight is 361 g/mol. The molecule has 0 bridgehead atoms. The molecule has 2 rings (SSSR count). The summed E-state index contributed by atoms with van der Waals surface area (Å²) in [5.41, 5.74) is 1.61. The van der Waals surface area contributed by atoms with Crippen molar-refractivity contribution in [3.63, 3.8) is 0 Å². The molecule has 0 aliphatic rings. The second kappa shape index (κ2) is 8.66. The van der Waals surface area contributed by atoms with E-state index in [2.05, 4.69) is 13.8 Å². The minimum absolute atomic E-state index is 0.355. The van der Waals surface area contributed by atoms with Crippen LogP contribution in [0.15, 0.2) is 54.6 Å². The van der Waals surface area contributed by atoms with Gasteiger partial charge in [-0.15, -0.1) is 0 Å². The lowest BCUT2D eigenvalue weighted by Gasteiger charge is -2.25. The molecule has 25 heavy (non-hydrogen) atoms. The molecule has 0 saturated carbocycles. The number of aliphatic hydroxyl groups is 1. The van der Waals surface area contributed by atoms with Crippen molar-refractivity contribution in [2.24, 2.45) is 5.92 Å². The van der Waals surface area contributed by atoms with Gasteiger partial charge in [-0.3, -0.25) is 4.57 Å². The molecule has 0 aliphatic heterocycles. The maximum atomic E-state index is 13.7. The maximum absolute atomic E-state index is 13.7. The first-order valence-electron chi connectivity index (χ1n) is 8.60. The number of rotatable bonds is 8. The molecule has 1 N–H and O–H groups in total. The van der Waals surface area contributed by atoms with E-state index in [9.17, 15) is 9.67 Å². The standard InChI is InChI=1S/C20H28NO3P/c1-16(2)14-15-24-25(23,20(22)17-8-6-5-7-9-17)19-12-10-18(11-13-19)21(3)4/h5-13,16,20,22H,14-15H2,1-4H3/t20-,25+/m0/s1. The molecule has 4 nitrogen and oxygen atoms in total. The van der Waals surface area contributed by atoms with Crippen LogP contribution >= 0.6 is 7.37 Å². The minimum Gasteiger partial charge on any atom is -0.378 e. The van der Waals surface area contributed by atoms with Crippen LogP contribution in [0, 0.1) is 5.92 Å². The molecule has 2 atom stereocenters. The lowest BCUT2D eigenvalue weighted by Crippen LogP contribution is -2.16. The van der Waals surface area contributed by atoms with Crippen LogP contribution in [0.5, 0.6) is 0 Å². The fraction of sp³-hybridized carbons (Fsp3) is 0.400. The van der Waals surface area contributed by atoms with E-state index in [0.717, 1.165) is 12.1 Å². The molecular formula is C20H28NO3P. The second-order valence-electron chi connectivity index (χ2n) is 6.81. The Labute approximate surface area is 150 Å². The number of nitrogens with zero attached hydrogens (tertiary/aromatic N) is 1. The molecule has 0 unspecified atom stereocenters. The third-order valence-electron chi connectivity index (χ3n) is 4.12. The quantitative estimate of drug-likeness (QED) is 0.708. The van der Waals surface area contributed by atoms with E-state index in [-0.39, 0.29) is 0 Å². The SMILES string of the molecule is CC(C)CCO[P@](=O)(c1ccc(N(C)C)cc1)[C@H](O)c1ccccc1. The Morgan fingerprint density at radius 2 is 1.64 bits per heavy atom. The molecular weight excluding hydrogens is 333 g/mol. The van der Waals surface area contributed by atoms with Gasteiger partial charge >= 0.3 is 0 Å². The zero-order chi connectivity index (χ0) is 18.4. The van der Waals surface area contributed by atoms with E-state index in [1.165, 1.54) is 0 Å². The van der Waals surface area contributed by atoms with Crippen LogP contribution in [-0.4, -0.2) is 25.8 Å². The number of anilines is 1. The lowest BCUT2D eigenvalue weighted by molar-refractivity contribution is 0.209. The predicted molar refractivity (Wildman–Crippen MR) is 105 cm³/mol. The highest BCUT2D eigenvalue weighted by atomic mass is 31.2. The highest BCUT2D eigenvalue weighted by Gasteiger charge is 2.36. The monoisotopic (exact) mass is 361 g/mol. The Morgan fingerprint density at radius 3 is 2.16 bits per heavy atom. The topological polar surface area (TPSA) is 49.8 Å². The van der Waals surface area contributed by atoms with Crippen LogP contribution in [0.2, 0.25) is 0 Å². The summed E-state index contributed by atoms with van der Waals surface area (Å²) in [4.78, 5) is 1.97. The third kappa shape index (κ3) is 4.94. The first-order valence-corrected chi connectivity index (χ1v) is 10.3. The van der Waals surface area contributed by atoms with Gasteiger partial charge in [0.15, 0.2) is 5.85 Å². The lowest BCUT2D eigenvalue weighted by atomic mass is 10.2. The van der Waals surface area contributed by atoms with Gasteiger partial charge in [-0.05, 0) is 42.2 Å². The molecule has 0 aromatic heterocycles. The van der Waals surface area contributed by atoms with Crippen LogP contribution in [0.1, 0.15) is 31.7 Å². The Bertz CT molecular complexity index is 699. The maximum Gasteiger partial charge on any atom is 0.264 e. The van der Waals surface area contributed by atoms with Gasteiger partial charge in [-0.1, -0.05) is 44.2 Å². The van der Waals surface area contributed by atoms with Crippen LogP contribution in [0.4, 0.5) is 5.69 Å². The highest BCUT2D eigenvalue weighted by molar-refractivity contribution is 7.67. The summed E-state index contributed by atoms with van der Waals surface area (Å²) in [6.45, 7) is 4.54. The smallest absolute Gasteiger partial charge is 0.264 e. The Morgan fingerprint density at radius 1 is 1.04 bits per heavy atom. The molecule has 0 radical (unpaired) electrons. The van der Waals surface area contributed by atoms with Gasteiger partial charge in [0.05, 0.1) is 6.61 Å². The van der Waals surface area contributed by atoms with Gasteiger partial charge in [-0.2, -0.15) is 0 Å². The zero-order valence-electron chi connectivity index (χ0n) is 15.4. The average Bonchev–Trinajstić information content (AvgIpc) is 2.61. The summed E-state index contributed by atoms with van der Waals surface area (Å²) in [5, 5.41) is 11.4. The van der Waals surface area contributed by atoms with E-state index < -0.39 is 13.2 Å². The number of aliphatic hydroxyl groups excluding tert-OH is 1. The Hall–Kier alpha value is -1.61. The van der Waals surface area contributed by atoms with Gasteiger partial charge in [0.25, 0.3) is 7.37 Å². The van der Waals surface area contributed by atoms with E-state index in [0.29, 0.717) is 23.4 Å². The molecule has 2 aromatic carbocycles. The fourth-order valence-electron chi connectivity index (χ4n) is 2.49. The molecule has 0 aliphatic carbocycles. The van der Waals surface area contributed by atoms with E-state index in [4.69, 9.17) is 4.52 Å². The van der Waals surface area contributed by atoms with Gasteiger partial charge in [0, 0.05) is 25.1 Å². The predicted octanol–water partition coefficient (Wildman–Crippen LogP) is 4.41. The van der Waals surface area contributed by atoms with E-state index >= 15 is 0 Å². The number of hydrogen-bond acceptors (Lipinski definition) is 4. The number of benzene rings is 2. The Balaban J connectivity index is 2.35. The van der Waals surface area contributed by atoms with Crippen molar-refractivity contribution in [1.82, 2.24) is 0 Å². The van der Waals surface area contributed by atoms with Gasteiger partial charge in [0.1, 0.15) is 0 Å². The van der Waals surface area contributed by atoms with Gasteiger partial charge in [0.2, 0.25) is 0 Å². The third-order valence-corrected chi connectivity index (χ3v) is 6.65. The summed E-state index contributed by atoms with van der Waals surface area (Å²) in [6.07, 6.45) is 0.793. The number of hydrogen-bond donors (Lipinski definition) is 1. The largest absolute Gasteiger partial charge is 0.378 e. The molecule has 0 heterocycles.